The number of likely N-dealkylation sites (N-methyl/N-ethyl adjacent to an activating group) is 1. The van der Waals surface area contributed by atoms with Gasteiger partial charge in [-0.25, -0.2) is 0 Å². The van der Waals surface area contributed by atoms with E-state index in [1.165, 1.54) is 12.8 Å². The van der Waals surface area contributed by atoms with Crippen LogP contribution in [0, 0.1) is 11.8 Å². The molecular weight excluding hydrogens is 330 g/mol. The topological polar surface area (TPSA) is 71.9 Å². The molecule has 1 unspecified atom stereocenters. The number of anilines is 1. The molecule has 2 rings (SSSR count). The van der Waals surface area contributed by atoms with Gasteiger partial charge in [-0.2, -0.15) is 0 Å². The highest BCUT2D eigenvalue weighted by molar-refractivity contribution is 5.91. The number of hydrogen-bond acceptors (Lipinski definition) is 3. The average molecular weight is 362 g/mol. The molecule has 1 fully saturated rings. The van der Waals surface area contributed by atoms with E-state index >= 15 is 0 Å². The molecule has 1 aromatic rings. The van der Waals surface area contributed by atoms with Crippen molar-refractivity contribution in [2.24, 2.45) is 11.8 Å². The van der Waals surface area contributed by atoms with E-state index in [-0.39, 0.29) is 24.4 Å². The van der Waals surface area contributed by atoms with E-state index in [1.54, 1.807) is 13.2 Å². The van der Waals surface area contributed by atoms with Crippen LogP contribution in [-0.4, -0.2) is 45.1 Å². The molecule has 1 aliphatic rings. The predicted molar refractivity (Wildman–Crippen MR) is 102 cm³/mol. The summed E-state index contributed by atoms with van der Waals surface area (Å²) < 4.78 is 5.15. The van der Waals surface area contributed by atoms with E-state index in [1.807, 2.05) is 25.2 Å². The van der Waals surface area contributed by atoms with Crippen molar-refractivity contribution in [2.45, 2.75) is 39.2 Å². The summed E-state index contributed by atoms with van der Waals surface area (Å²) in [6.07, 6.45) is 3.46. The molecule has 26 heavy (non-hydrogen) atoms. The fourth-order valence-corrected chi connectivity index (χ4v) is 3.56. The minimum atomic E-state index is -0.122. The minimum absolute atomic E-state index is 0.0163. The first-order valence-corrected chi connectivity index (χ1v) is 9.43. The van der Waals surface area contributed by atoms with Crippen molar-refractivity contribution in [3.05, 3.63) is 24.3 Å². The van der Waals surface area contributed by atoms with Gasteiger partial charge in [0.1, 0.15) is 5.75 Å². The number of ether oxygens (including phenoxy) is 1. The maximum absolute atomic E-state index is 12.3. The summed E-state index contributed by atoms with van der Waals surface area (Å²) in [5.41, 5.74) is 0.691. The number of benzene rings is 1. The Kier molecular flexibility index (Phi) is 7.45. The maximum atomic E-state index is 12.3. The van der Waals surface area contributed by atoms with Gasteiger partial charge in [-0.3, -0.25) is 9.59 Å². The van der Waals surface area contributed by atoms with Crippen molar-refractivity contribution >= 4 is 17.5 Å². The molecule has 0 aliphatic heterocycles. The maximum Gasteiger partial charge on any atom is 0.279 e. The summed E-state index contributed by atoms with van der Waals surface area (Å²) in [5.74, 6) is 1.74. The standard InChI is InChI=1S/C20H31N3O3/c1-14-7-5-10-18(15(14)2)22-20(25)13-23(3)12-19(24)21-16-8-6-9-17(11-16)26-4/h6,8-9,11,14-15,18H,5,7,10,12-13H2,1-4H3,(H,21,24)(H,22,25)/p+1/t14-,15-,18+/m1/s1. The molecule has 2 amide bonds. The van der Waals surface area contributed by atoms with Crippen LogP contribution >= 0.6 is 0 Å². The second kappa shape index (κ2) is 9.57. The number of methoxy groups -OCH3 is 1. The smallest absolute Gasteiger partial charge is 0.279 e. The van der Waals surface area contributed by atoms with Gasteiger partial charge in [-0.15, -0.1) is 0 Å². The second-order valence-electron chi connectivity index (χ2n) is 7.53. The Morgan fingerprint density at radius 3 is 2.65 bits per heavy atom. The molecule has 0 saturated heterocycles. The van der Waals surface area contributed by atoms with Crippen LogP contribution in [0.2, 0.25) is 0 Å². The highest BCUT2D eigenvalue weighted by atomic mass is 16.5. The first-order chi connectivity index (χ1) is 12.4. The summed E-state index contributed by atoms with van der Waals surface area (Å²) in [4.78, 5) is 25.4. The van der Waals surface area contributed by atoms with Crippen molar-refractivity contribution < 1.29 is 19.2 Å². The van der Waals surface area contributed by atoms with Crippen LogP contribution in [0.5, 0.6) is 5.75 Å². The third-order valence-electron chi connectivity index (χ3n) is 5.33. The summed E-state index contributed by atoms with van der Waals surface area (Å²) in [7, 11) is 3.45. The molecule has 0 radical (unpaired) electrons. The highest BCUT2D eigenvalue weighted by Crippen LogP contribution is 2.29. The van der Waals surface area contributed by atoms with Gasteiger partial charge in [-0.05, 0) is 30.4 Å². The van der Waals surface area contributed by atoms with E-state index in [9.17, 15) is 9.59 Å². The number of rotatable bonds is 7. The van der Waals surface area contributed by atoms with Crippen LogP contribution in [0.3, 0.4) is 0 Å². The van der Waals surface area contributed by atoms with Gasteiger partial charge < -0.3 is 20.3 Å². The van der Waals surface area contributed by atoms with Gasteiger partial charge in [0.15, 0.2) is 13.1 Å². The number of nitrogens with one attached hydrogen (secondary N) is 3. The molecule has 0 heterocycles. The molecule has 4 atom stereocenters. The van der Waals surface area contributed by atoms with Crippen LogP contribution in [-0.2, 0) is 9.59 Å². The number of amides is 2. The highest BCUT2D eigenvalue weighted by Gasteiger charge is 2.28. The van der Waals surface area contributed by atoms with Crippen LogP contribution in [0.25, 0.3) is 0 Å². The third-order valence-corrected chi connectivity index (χ3v) is 5.33. The Morgan fingerprint density at radius 1 is 1.19 bits per heavy atom. The van der Waals surface area contributed by atoms with Crippen LogP contribution in [0.15, 0.2) is 24.3 Å². The van der Waals surface area contributed by atoms with Crippen molar-refractivity contribution in [3.63, 3.8) is 0 Å². The van der Waals surface area contributed by atoms with E-state index in [2.05, 4.69) is 24.5 Å². The predicted octanol–water partition coefficient (Wildman–Crippen LogP) is 1.09. The number of hydrogen-bond donors (Lipinski definition) is 3. The largest absolute Gasteiger partial charge is 0.497 e. The molecule has 0 spiro atoms. The molecule has 0 aromatic heterocycles. The van der Waals surface area contributed by atoms with Crippen molar-refractivity contribution in [3.8, 4) is 5.75 Å². The second-order valence-corrected chi connectivity index (χ2v) is 7.53. The molecule has 1 saturated carbocycles. The average Bonchev–Trinajstić information content (AvgIpc) is 2.58. The van der Waals surface area contributed by atoms with E-state index in [4.69, 9.17) is 4.74 Å². The lowest BCUT2D eigenvalue weighted by Crippen LogP contribution is -3.11. The van der Waals surface area contributed by atoms with E-state index in [0.717, 1.165) is 11.3 Å². The van der Waals surface area contributed by atoms with Gasteiger partial charge in [0.25, 0.3) is 11.8 Å². The van der Waals surface area contributed by atoms with Crippen LogP contribution in [0.1, 0.15) is 33.1 Å². The van der Waals surface area contributed by atoms with Crippen LogP contribution in [0.4, 0.5) is 5.69 Å². The summed E-state index contributed by atoms with van der Waals surface area (Å²) in [6, 6.07) is 7.49. The van der Waals surface area contributed by atoms with Crippen molar-refractivity contribution in [2.75, 3.05) is 32.6 Å². The Hall–Kier alpha value is -2.08. The van der Waals surface area contributed by atoms with Crippen LogP contribution < -0.4 is 20.3 Å². The molecule has 3 N–H and O–H groups in total. The molecule has 6 nitrogen and oxygen atoms in total. The zero-order chi connectivity index (χ0) is 19.1. The molecule has 0 bridgehead atoms. The summed E-state index contributed by atoms with van der Waals surface area (Å²) >= 11 is 0. The number of carbonyl (C=O) groups excluding carboxylic acids is 2. The zero-order valence-corrected chi connectivity index (χ0v) is 16.3. The van der Waals surface area contributed by atoms with E-state index < -0.39 is 0 Å². The monoisotopic (exact) mass is 362 g/mol. The van der Waals surface area contributed by atoms with Gasteiger partial charge >= 0.3 is 0 Å². The fraction of sp³-hybridized carbons (Fsp3) is 0.600. The molecule has 6 heteroatoms. The van der Waals surface area contributed by atoms with Gasteiger partial charge in [0.05, 0.1) is 14.2 Å². The Morgan fingerprint density at radius 2 is 1.92 bits per heavy atom. The number of carbonyl (C=O) groups is 2. The first kappa shape index (κ1) is 20.2. The van der Waals surface area contributed by atoms with Gasteiger partial charge in [-0.1, -0.05) is 32.8 Å². The quantitative estimate of drug-likeness (QED) is 0.680. The molecule has 1 aliphatic carbocycles. The zero-order valence-electron chi connectivity index (χ0n) is 16.3. The van der Waals surface area contributed by atoms with E-state index in [0.29, 0.717) is 29.8 Å². The molecule has 1 aromatic carbocycles. The van der Waals surface area contributed by atoms with Crippen molar-refractivity contribution in [1.82, 2.24) is 5.32 Å². The normalized spacial score (nSPS) is 23.8. The Labute approximate surface area is 156 Å². The fourth-order valence-electron chi connectivity index (χ4n) is 3.56. The molecule has 144 valence electrons. The first-order valence-electron chi connectivity index (χ1n) is 9.43. The number of quaternary nitrogens is 1. The lowest BCUT2D eigenvalue weighted by atomic mass is 9.78. The minimum Gasteiger partial charge on any atom is -0.497 e. The Balaban J connectivity index is 1.77. The third kappa shape index (κ3) is 6.02. The van der Waals surface area contributed by atoms with Gasteiger partial charge in [0.2, 0.25) is 0 Å². The lowest BCUT2D eigenvalue weighted by molar-refractivity contribution is -0.862. The van der Waals surface area contributed by atoms with Gasteiger partial charge in [0, 0.05) is 17.8 Å². The van der Waals surface area contributed by atoms with Crippen molar-refractivity contribution in [1.29, 1.82) is 0 Å². The molecular formula is C20H32N3O3+. The summed E-state index contributed by atoms with van der Waals surface area (Å²) in [5, 5.41) is 6.00. The SMILES string of the molecule is COc1cccc(NC(=O)C[NH+](C)CC(=O)N[C@H]2CCC[C@@H](C)[C@H]2C)c1. The Bertz CT molecular complexity index is 620. The lowest BCUT2D eigenvalue weighted by Gasteiger charge is -2.34. The summed E-state index contributed by atoms with van der Waals surface area (Å²) in [6.45, 7) is 5.00.